The SMILES string of the molecule is CCCCCC(O)CC=C=O.O.[Mo]. The zero-order valence-electron chi connectivity index (χ0n) is 7.95. The van der Waals surface area contributed by atoms with Gasteiger partial charge in [-0.15, -0.1) is 0 Å². The maximum Gasteiger partial charge on any atom is 0.120 e. The second kappa shape index (κ2) is 14.6. The van der Waals surface area contributed by atoms with Crippen LogP contribution in [0, 0.1) is 0 Å². The summed E-state index contributed by atoms with van der Waals surface area (Å²) in [5.41, 5.74) is 0. The van der Waals surface area contributed by atoms with Crippen molar-refractivity contribution in [1.29, 1.82) is 0 Å². The Morgan fingerprint density at radius 2 is 2.08 bits per heavy atom. The molecule has 0 heterocycles. The number of rotatable bonds is 6. The van der Waals surface area contributed by atoms with Crippen molar-refractivity contribution in [2.45, 2.75) is 45.1 Å². The molecule has 0 rings (SSSR count). The molecule has 0 bridgehead atoms. The van der Waals surface area contributed by atoms with E-state index < -0.39 is 0 Å². The van der Waals surface area contributed by atoms with Crippen molar-refractivity contribution in [2.75, 3.05) is 0 Å². The Balaban J connectivity index is -0.000000500. The smallest absolute Gasteiger partial charge is 0.120 e. The summed E-state index contributed by atoms with van der Waals surface area (Å²) in [7, 11) is 0. The second-order valence-electron chi connectivity index (χ2n) is 2.71. The van der Waals surface area contributed by atoms with Gasteiger partial charge < -0.3 is 10.6 Å². The van der Waals surface area contributed by atoms with E-state index in [0.29, 0.717) is 6.42 Å². The first-order valence-corrected chi connectivity index (χ1v) is 4.18. The van der Waals surface area contributed by atoms with Crippen LogP contribution in [-0.4, -0.2) is 22.6 Å². The van der Waals surface area contributed by atoms with Gasteiger partial charge in [0.2, 0.25) is 0 Å². The molecule has 0 saturated heterocycles. The van der Waals surface area contributed by atoms with Gasteiger partial charge in [0.15, 0.2) is 0 Å². The van der Waals surface area contributed by atoms with Gasteiger partial charge in [0, 0.05) is 33.6 Å². The van der Waals surface area contributed by atoms with Crippen molar-refractivity contribution in [2.24, 2.45) is 0 Å². The third-order valence-electron chi connectivity index (χ3n) is 1.61. The van der Waals surface area contributed by atoms with E-state index in [-0.39, 0.29) is 32.6 Å². The van der Waals surface area contributed by atoms with Gasteiger partial charge in [-0.1, -0.05) is 26.2 Å². The molecule has 0 radical (unpaired) electrons. The first-order chi connectivity index (χ1) is 5.31. The van der Waals surface area contributed by atoms with E-state index >= 15 is 0 Å². The molecule has 4 heteroatoms. The standard InChI is InChI=1S/C9H16O2.Mo.H2O/c1-2-3-4-6-9(11)7-5-8-10;;/h5,9,11H,2-4,6-7H2,1H3;;1H2. The molecule has 0 aromatic heterocycles. The van der Waals surface area contributed by atoms with Crippen LogP contribution in [0.5, 0.6) is 0 Å². The predicted octanol–water partition coefficient (Wildman–Crippen LogP) is 0.878. The van der Waals surface area contributed by atoms with Crippen LogP contribution in [0.2, 0.25) is 0 Å². The quantitative estimate of drug-likeness (QED) is 0.442. The van der Waals surface area contributed by atoms with Crippen LogP contribution in [0.25, 0.3) is 0 Å². The topological polar surface area (TPSA) is 68.8 Å². The maximum absolute atomic E-state index is 9.75. The Kier molecular flexibility index (Phi) is 21.0. The van der Waals surface area contributed by atoms with Crippen LogP contribution < -0.4 is 0 Å². The summed E-state index contributed by atoms with van der Waals surface area (Å²) in [6.45, 7) is 2.12. The molecule has 1 unspecified atom stereocenters. The van der Waals surface area contributed by atoms with E-state index in [0.717, 1.165) is 25.7 Å². The molecule has 3 nitrogen and oxygen atoms in total. The molecular weight excluding hydrogens is 252 g/mol. The van der Waals surface area contributed by atoms with E-state index in [1.807, 2.05) is 0 Å². The van der Waals surface area contributed by atoms with E-state index in [9.17, 15) is 9.90 Å². The van der Waals surface area contributed by atoms with E-state index in [2.05, 4.69) is 6.92 Å². The van der Waals surface area contributed by atoms with Crippen molar-refractivity contribution in [1.82, 2.24) is 0 Å². The van der Waals surface area contributed by atoms with Crippen molar-refractivity contribution in [3.05, 3.63) is 6.08 Å². The van der Waals surface area contributed by atoms with Gasteiger partial charge in [-0.25, -0.2) is 4.79 Å². The minimum absolute atomic E-state index is 0. The minimum atomic E-state index is -0.344. The van der Waals surface area contributed by atoms with Gasteiger partial charge in [0.1, 0.15) is 5.94 Å². The minimum Gasteiger partial charge on any atom is -0.412 e. The van der Waals surface area contributed by atoms with Crippen molar-refractivity contribution in [3.63, 3.8) is 0 Å². The Morgan fingerprint density at radius 1 is 1.46 bits per heavy atom. The summed E-state index contributed by atoms with van der Waals surface area (Å²) in [4.78, 5) is 9.75. The molecule has 0 aliphatic carbocycles. The van der Waals surface area contributed by atoms with Crippen LogP contribution in [0.1, 0.15) is 39.0 Å². The predicted molar refractivity (Wildman–Crippen MR) is 48.6 cm³/mol. The summed E-state index contributed by atoms with van der Waals surface area (Å²) in [5.74, 6) is 1.65. The number of hydrogen-bond donors (Lipinski definition) is 1. The van der Waals surface area contributed by atoms with Crippen LogP contribution >= 0.6 is 0 Å². The van der Waals surface area contributed by atoms with Crippen LogP contribution in [0.15, 0.2) is 6.08 Å². The molecule has 0 spiro atoms. The van der Waals surface area contributed by atoms with E-state index in [1.54, 1.807) is 5.94 Å². The Morgan fingerprint density at radius 3 is 2.54 bits per heavy atom. The average molecular weight is 270 g/mol. The third-order valence-corrected chi connectivity index (χ3v) is 1.61. The summed E-state index contributed by atoms with van der Waals surface area (Å²) in [6, 6.07) is 0. The Labute approximate surface area is 93.8 Å². The molecule has 1 atom stereocenters. The molecule has 0 saturated carbocycles. The number of aliphatic hydroxyl groups is 1. The van der Waals surface area contributed by atoms with E-state index in [4.69, 9.17) is 0 Å². The van der Waals surface area contributed by atoms with Crippen LogP contribution in [-0.2, 0) is 25.9 Å². The van der Waals surface area contributed by atoms with Gasteiger partial charge in [-0.3, -0.25) is 0 Å². The number of carbonyl (C=O) groups excluding carboxylic acids is 1. The molecule has 0 aromatic carbocycles. The van der Waals surface area contributed by atoms with Gasteiger partial charge in [-0.2, -0.15) is 0 Å². The fraction of sp³-hybridized carbons (Fsp3) is 0.778. The monoisotopic (exact) mass is 272 g/mol. The van der Waals surface area contributed by atoms with Gasteiger partial charge in [0.05, 0.1) is 6.10 Å². The van der Waals surface area contributed by atoms with E-state index in [1.165, 1.54) is 6.08 Å². The summed E-state index contributed by atoms with van der Waals surface area (Å²) in [5, 5.41) is 9.20. The fourth-order valence-electron chi connectivity index (χ4n) is 0.932. The van der Waals surface area contributed by atoms with Crippen LogP contribution in [0.3, 0.4) is 0 Å². The van der Waals surface area contributed by atoms with Gasteiger partial charge in [0.25, 0.3) is 0 Å². The van der Waals surface area contributed by atoms with Crippen LogP contribution in [0.4, 0.5) is 0 Å². The molecule has 0 aromatic rings. The molecule has 0 aliphatic heterocycles. The zero-order chi connectivity index (χ0) is 8.53. The summed E-state index contributed by atoms with van der Waals surface area (Å²) < 4.78 is 0. The second-order valence-corrected chi connectivity index (χ2v) is 2.71. The molecule has 78 valence electrons. The first kappa shape index (κ1) is 18.8. The number of hydrogen-bond acceptors (Lipinski definition) is 2. The molecule has 3 N–H and O–H groups in total. The van der Waals surface area contributed by atoms with Crippen molar-refractivity contribution in [3.8, 4) is 0 Å². The summed E-state index contributed by atoms with van der Waals surface area (Å²) >= 11 is 0. The molecule has 0 aliphatic rings. The fourth-order valence-corrected chi connectivity index (χ4v) is 0.932. The molecular formula is C9H18MoO3. The average Bonchev–Trinajstić information content (AvgIpc) is 2.01. The van der Waals surface area contributed by atoms with Crippen molar-refractivity contribution < 1.29 is 36.4 Å². The normalized spacial score (nSPS) is 10.3. The first-order valence-electron chi connectivity index (χ1n) is 4.18. The maximum atomic E-state index is 9.75. The van der Waals surface area contributed by atoms with Gasteiger partial charge >= 0.3 is 0 Å². The Hall–Kier alpha value is 0.0583. The zero-order valence-corrected chi connectivity index (χ0v) is 9.96. The molecule has 0 fully saturated rings. The van der Waals surface area contributed by atoms with Gasteiger partial charge in [-0.05, 0) is 6.42 Å². The number of unbranched alkanes of at least 4 members (excludes halogenated alkanes) is 2. The summed E-state index contributed by atoms with van der Waals surface area (Å²) in [6.07, 6.45) is 5.61. The molecule has 13 heavy (non-hydrogen) atoms. The Bertz CT molecular complexity index is 133. The largest absolute Gasteiger partial charge is 0.412 e. The molecule has 0 amide bonds. The van der Waals surface area contributed by atoms with Crippen molar-refractivity contribution >= 4 is 5.94 Å². The number of aliphatic hydroxyl groups excluding tert-OH is 1. The third kappa shape index (κ3) is 14.9.